The summed E-state index contributed by atoms with van der Waals surface area (Å²) in [7, 11) is 2.84. The van der Waals surface area contributed by atoms with E-state index in [1.165, 1.54) is 53.6 Å². The number of halogens is 2. The van der Waals surface area contributed by atoms with Gasteiger partial charge in [0.15, 0.2) is 16.3 Å². The molecule has 4 aromatic rings. The molecule has 1 amide bonds. The highest BCUT2D eigenvalue weighted by atomic mass is 32.2. The second kappa shape index (κ2) is 9.02. The van der Waals surface area contributed by atoms with Gasteiger partial charge in [-0.05, 0) is 30.3 Å². The number of thioether (sulfide) groups is 1. The number of fused-ring (bicyclic) bond motifs is 1. The Morgan fingerprint density at radius 3 is 2.42 bits per heavy atom. The monoisotopic (exact) mass is 471 g/mol. The molecule has 0 aliphatic heterocycles. The second-order valence-electron chi connectivity index (χ2n) is 7.29. The zero-order valence-corrected chi connectivity index (χ0v) is 18.5. The number of rotatable bonds is 6. The first-order chi connectivity index (χ1) is 15.8. The third-order valence-electron chi connectivity index (χ3n) is 5.06. The Morgan fingerprint density at radius 2 is 1.73 bits per heavy atom. The van der Waals surface area contributed by atoms with E-state index in [-0.39, 0.29) is 34.5 Å². The van der Waals surface area contributed by atoms with Crippen LogP contribution in [0.1, 0.15) is 5.56 Å². The summed E-state index contributed by atoms with van der Waals surface area (Å²) in [5.74, 6) is -1.33. The van der Waals surface area contributed by atoms with Gasteiger partial charge in [-0.25, -0.2) is 18.6 Å². The number of amides is 1. The summed E-state index contributed by atoms with van der Waals surface area (Å²) in [6.45, 7) is -0.0153. The summed E-state index contributed by atoms with van der Waals surface area (Å²) < 4.78 is 31.1. The predicted octanol–water partition coefficient (Wildman–Crippen LogP) is 2.49. The maximum atomic E-state index is 14.4. The van der Waals surface area contributed by atoms with Crippen molar-refractivity contribution in [1.29, 1.82) is 0 Å². The fourth-order valence-electron chi connectivity index (χ4n) is 3.34. The Morgan fingerprint density at radius 1 is 1.03 bits per heavy atom. The number of nitrogens with one attached hydrogen (secondary N) is 1. The van der Waals surface area contributed by atoms with Gasteiger partial charge in [-0.2, -0.15) is 0 Å². The van der Waals surface area contributed by atoms with Crippen molar-refractivity contribution in [3.8, 4) is 0 Å². The topological polar surface area (TPSA) is 90.9 Å². The molecular formula is C22H19F2N5O3S. The minimum Gasteiger partial charge on any atom is -0.325 e. The SMILES string of the molecule is Cn1c(=O)c2c(nc(SCC(=O)Nc3ccc(F)cc3)n2Cc2ccccc2F)n(C)c1=O. The van der Waals surface area contributed by atoms with Crippen molar-refractivity contribution in [2.75, 3.05) is 11.1 Å². The third-order valence-corrected chi connectivity index (χ3v) is 6.04. The van der Waals surface area contributed by atoms with Crippen LogP contribution >= 0.6 is 11.8 Å². The van der Waals surface area contributed by atoms with Gasteiger partial charge in [0, 0.05) is 25.3 Å². The number of aryl methyl sites for hydroxylation is 1. The predicted molar refractivity (Wildman–Crippen MR) is 121 cm³/mol. The Labute approximate surface area is 190 Å². The van der Waals surface area contributed by atoms with Gasteiger partial charge in [0.05, 0.1) is 12.3 Å². The van der Waals surface area contributed by atoms with E-state index in [1.54, 1.807) is 18.2 Å². The van der Waals surface area contributed by atoms with Gasteiger partial charge in [0.2, 0.25) is 5.91 Å². The number of imidazole rings is 1. The molecule has 8 nitrogen and oxygen atoms in total. The van der Waals surface area contributed by atoms with Gasteiger partial charge in [0.1, 0.15) is 11.6 Å². The summed E-state index contributed by atoms with van der Waals surface area (Å²) in [5, 5.41) is 2.93. The number of carbonyl (C=O) groups excluding carboxylic acids is 1. The average Bonchev–Trinajstić information content (AvgIpc) is 3.16. The number of benzene rings is 2. The second-order valence-corrected chi connectivity index (χ2v) is 8.24. The van der Waals surface area contributed by atoms with Crippen LogP contribution in [0, 0.1) is 11.6 Å². The standard InChI is InChI=1S/C22H19F2N5O3S/c1-27-19-18(20(31)28(2)22(27)32)29(11-13-5-3-4-6-16(13)24)21(26-19)33-12-17(30)25-15-9-7-14(23)8-10-15/h3-10H,11-12H2,1-2H3,(H,25,30). The van der Waals surface area contributed by atoms with Crippen molar-refractivity contribution in [3.05, 3.63) is 86.6 Å². The summed E-state index contributed by atoms with van der Waals surface area (Å²) in [6, 6.07) is 11.5. The first-order valence-corrected chi connectivity index (χ1v) is 10.8. The van der Waals surface area contributed by atoms with Crippen LogP contribution in [0.5, 0.6) is 0 Å². The molecule has 4 rings (SSSR count). The van der Waals surface area contributed by atoms with Crippen LogP contribution in [0.4, 0.5) is 14.5 Å². The van der Waals surface area contributed by atoms with Crippen molar-refractivity contribution in [3.63, 3.8) is 0 Å². The van der Waals surface area contributed by atoms with Crippen LogP contribution < -0.4 is 16.6 Å². The average molecular weight is 471 g/mol. The molecule has 33 heavy (non-hydrogen) atoms. The van der Waals surface area contributed by atoms with E-state index in [4.69, 9.17) is 0 Å². The third kappa shape index (κ3) is 4.44. The number of aromatic nitrogens is 4. The molecular weight excluding hydrogens is 452 g/mol. The van der Waals surface area contributed by atoms with Crippen LogP contribution in [0.25, 0.3) is 11.2 Å². The van der Waals surface area contributed by atoms with Gasteiger partial charge in [-0.3, -0.25) is 18.7 Å². The highest BCUT2D eigenvalue weighted by molar-refractivity contribution is 7.99. The molecule has 11 heteroatoms. The summed E-state index contributed by atoms with van der Waals surface area (Å²) >= 11 is 1.04. The van der Waals surface area contributed by atoms with E-state index in [2.05, 4.69) is 10.3 Å². The molecule has 0 fully saturated rings. The summed E-state index contributed by atoms with van der Waals surface area (Å²) in [5.41, 5.74) is -0.0955. The molecule has 0 saturated heterocycles. The van der Waals surface area contributed by atoms with Gasteiger partial charge >= 0.3 is 5.69 Å². The molecule has 0 radical (unpaired) electrons. The smallest absolute Gasteiger partial charge is 0.325 e. The van der Waals surface area contributed by atoms with Crippen LogP contribution in [-0.4, -0.2) is 30.3 Å². The van der Waals surface area contributed by atoms with Crippen molar-refractivity contribution in [2.24, 2.45) is 14.1 Å². The molecule has 0 saturated carbocycles. The van der Waals surface area contributed by atoms with E-state index in [1.807, 2.05) is 0 Å². The number of nitrogens with zero attached hydrogens (tertiary/aromatic N) is 4. The Kier molecular flexibility index (Phi) is 6.14. The molecule has 2 aromatic carbocycles. The molecule has 0 atom stereocenters. The molecule has 0 aliphatic rings. The highest BCUT2D eigenvalue weighted by Gasteiger charge is 2.21. The van der Waals surface area contributed by atoms with Gasteiger partial charge in [-0.15, -0.1) is 0 Å². The molecule has 1 N–H and O–H groups in total. The van der Waals surface area contributed by atoms with Crippen molar-refractivity contribution in [1.82, 2.24) is 18.7 Å². The molecule has 2 aromatic heterocycles. The molecule has 0 unspecified atom stereocenters. The van der Waals surface area contributed by atoms with Gasteiger partial charge in [0.25, 0.3) is 5.56 Å². The Hall–Kier alpha value is -3.73. The Bertz CT molecular complexity index is 1470. The number of anilines is 1. The zero-order valence-electron chi connectivity index (χ0n) is 17.7. The maximum Gasteiger partial charge on any atom is 0.332 e. The number of carbonyl (C=O) groups is 1. The van der Waals surface area contributed by atoms with E-state index in [9.17, 15) is 23.2 Å². The van der Waals surface area contributed by atoms with E-state index in [0.717, 1.165) is 16.3 Å². The lowest BCUT2D eigenvalue weighted by Crippen LogP contribution is -2.37. The molecule has 2 heterocycles. The molecule has 0 aliphatic carbocycles. The van der Waals surface area contributed by atoms with Crippen molar-refractivity contribution in [2.45, 2.75) is 11.7 Å². The maximum absolute atomic E-state index is 14.4. The van der Waals surface area contributed by atoms with Gasteiger partial charge in [-0.1, -0.05) is 30.0 Å². The van der Waals surface area contributed by atoms with Crippen LogP contribution in [-0.2, 0) is 25.4 Å². The lowest BCUT2D eigenvalue weighted by molar-refractivity contribution is -0.113. The van der Waals surface area contributed by atoms with E-state index in [0.29, 0.717) is 11.3 Å². The molecule has 0 spiro atoms. The van der Waals surface area contributed by atoms with E-state index < -0.39 is 22.9 Å². The quantitative estimate of drug-likeness (QED) is 0.437. The molecule has 0 bridgehead atoms. The minimum absolute atomic E-state index is 0.0153. The summed E-state index contributed by atoms with van der Waals surface area (Å²) in [6.07, 6.45) is 0. The largest absolute Gasteiger partial charge is 0.332 e. The first-order valence-electron chi connectivity index (χ1n) is 9.84. The highest BCUT2D eigenvalue weighted by Crippen LogP contribution is 2.24. The molecule has 170 valence electrons. The van der Waals surface area contributed by atoms with Crippen LogP contribution in [0.15, 0.2) is 63.3 Å². The first kappa shape index (κ1) is 22.5. The van der Waals surface area contributed by atoms with Crippen LogP contribution in [0.2, 0.25) is 0 Å². The van der Waals surface area contributed by atoms with Crippen molar-refractivity contribution < 1.29 is 13.6 Å². The zero-order chi connectivity index (χ0) is 23.7. The lowest BCUT2D eigenvalue weighted by Gasteiger charge is -2.10. The minimum atomic E-state index is -0.570. The summed E-state index contributed by atoms with van der Waals surface area (Å²) in [4.78, 5) is 42.1. The number of hydrogen-bond donors (Lipinski definition) is 1. The fourth-order valence-corrected chi connectivity index (χ4v) is 4.14. The van der Waals surface area contributed by atoms with E-state index >= 15 is 0 Å². The normalized spacial score (nSPS) is 11.2. The van der Waals surface area contributed by atoms with Gasteiger partial charge < -0.3 is 9.88 Å². The lowest BCUT2D eigenvalue weighted by atomic mass is 10.2. The number of hydrogen-bond acceptors (Lipinski definition) is 5. The van der Waals surface area contributed by atoms with Crippen LogP contribution in [0.3, 0.4) is 0 Å². The Balaban J connectivity index is 1.71. The fraction of sp³-hybridized carbons (Fsp3) is 0.182. The van der Waals surface area contributed by atoms with Crippen molar-refractivity contribution >= 4 is 34.5 Å².